The van der Waals surface area contributed by atoms with Gasteiger partial charge in [-0.3, -0.25) is 19.8 Å². The van der Waals surface area contributed by atoms with Crippen molar-refractivity contribution < 1.29 is 22.8 Å². The zero-order valence-corrected chi connectivity index (χ0v) is 18.6. The molecule has 166 valence electrons. The predicted molar refractivity (Wildman–Crippen MR) is 113 cm³/mol. The van der Waals surface area contributed by atoms with Crippen LogP contribution in [0.15, 0.2) is 30.3 Å². The van der Waals surface area contributed by atoms with Crippen LogP contribution in [-0.4, -0.2) is 38.9 Å². The van der Waals surface area contributed by atoms with E-state index in [4.69, 9.17) is 28.0 Å². The van der Waals surface area contributed by atoms with Crippen molar-refractivity contribution in [1.82, 2.24) is 20.6 Å². The van der Waals surface area contributed by atoms with Crippen LogP contribution in [0.25, 0.3) is 5.70 Å². The molecule has 2 aromatic rings. The van der Waals surface area contributed by atoms with Gasteiger partial charge in [0.1, 0.15) is 11.4 Å². The average Bonchev–Trinajstić information content (AvgIpc) is 3.24. The molecule has 0 radical (unpaired) electrons. The molecular weight excluding hydrogens is 476 g/mol. The minimum Gasteiger partial charge on any atom is -0.344 e. The molecule has 0 spiro atoms. The lowest BCUT2D eigenvalue weighted by molar-refractivity contribution is -0.269. The quantitative estimate of drug-likeness (QED) is 0.665. The summed E-state index contributed by atoms with van der Waals surface area (Å²) in [5, 5.41) is 7.19. The number of thioether (sulfide) groups is 1. The Balaban J connectivity index is 1.70. The molecule has 0 bridgehead atoms. The van der Waals surface area contributed by atoms with E-state index >= 15 is 0 Å². The maximum atomic E-state index is 14.1. The van der Waals surface area contributed by atoms with Gasteiger partial charge in [-0.2, -0.15) is 30.0 Å². The highest BCUT2D eigenvalue weighted by Gasteiger charge is 2.60. The van der Waals surface area contributed by atoms with Gasteiger partial charge in [-0.05, 0) is 37.3 Å². The summed E-state index contributed by atoms with van der Waals surface area (Å²) in [6.45, 7) is 1.93. The van der Waals surface area contributed by atoms with Crippen molar-refractivity contribution in [3.05, 3.63) is 57.3 Å². The molecule has 1 aromatic heterocycles. The predicted octanol–water partition coefficient (Wildman–Crippen LogP) is 4.30. The number of aromatic nitrogens is 2. The zero-order chi connectivity index (χ0) is 22.6. The highest BCUT2D eigenvalue weighted by Crippen LogP contribution is 2.48. The highest BCUT2D eigenvalue weighted by molar-refractivity contribution is 8.00. The second kappa shape index (κ2) is 7.61. The summed E-state index contributed by atoms with van der Waals surface area (Å²) in [5.41, 5.74) is -0.815. The first-order chi connectivity index (χ1) is 14.4. The first-order valence-corrected chi connectivity index (χ1v) is 11.0. The van der Waals surface area contributed by atoms with Crippen LogP contribution in [0, 0.1) is 0 Å². The van der Waals surface area contributed by atoms with E-state index in [2.05, 4.69) is 15.9 Å². The van der Waals surface area contributed by atoms with Crippen molar-refractivity contribution in [2.45, 2.75) is 24.2 Å². The molecular formula is C19H17Cl2F3N4O2S. The molecule has 2 N–H and O–H groups in total. The third kappa shape index (κ3) is 4.02. The van der Waals surface area contributed by atoms with Crippen molar-refractivity contribution in [1.29, 1.82) is 0 Å². The van der Waals surface area contributed by atoms with Crippen LogP contribution >= 0.6 is 35.0 Å². The summed E-state index contributed by atoms with van der Waals surface area (Å²) in [4.78, 5) is 17.7. The van der Waals surface area contributed by atoms with Crippen LogP contribution in [0.5, 0.6) is 0 Å². The summed E-state index contributed by atoms with van der Waals surface area (Å²) in [7, 11) is 1.54. The monoisotopic (exact) mass is 492 g/mol. The van der Waals surface area contributed by atoms with Gasteiger partial charge in [0.2, 0.25) is 5.60 Å². The molecule has 2 aliphatic rings. The van der Waals surface area contributed by atoms with Crippen LogP contribution in [0.4, 0.5) is 13.2 Å². The average molecular weight is 493 g/mol. The van der Waals surface area contributed by atoms with Gasteiger partial charge >= 0.3 is 6.18 Å². The van der Waals surface area contributed by atoms with Crippen molar-refractivity contribution in [2.24, 2.45) is 7.05 Å². The van der Waals surface area contributed by atoms with Crippen molar-refractivity contribution >= 4 is 46.6 Å². The Bertz CT molecular complexity index is 1060. The number of benzene rings is 1. The first kappa shape index (κ1) is 22.3. The molecule has 0 saturated carbocycles. The third-order valence-electron chi connectivity index (χ3n) is 5.03. The van der Waals surface area contributed by atoms with Gasteiger partial charge in [-0.25, -0.2) is 0 Å². The normalized spacial score (nSPS) is 22.5. The van der Waals surface area contributed by atoms with E-state index in [1.165, 1.54) is 16.8 Å². The van der Waals surface area contributed by atoms with Crippen molar-refractivity contribution in [2.75, 3.05) is 11.5 Å². The highest BCUT2D eigenvalue weighted by atomic mass is 35.5. The number of carbonyl (C=O) groups excluding carboxylic acids is 1. The van der Waals surface area contributed by atoms with E-state index in [0.29, 0.717) is 0 Å². The lowest BCUT2D eigenvalue weighted by Crippen LogP contribution is -2.55. The summed E-state index contributed by atoms with van der Waals surface area (Å²) >= 11 is 13.5. The Labute approximate surface area is 190 Å². The number of halogens is 5. The van der Waals surface area contributed by atoms with Gasteiger partial charge in [0.25, 0.3) is 5.91 Å². The van der Waals surface area contributed by atoms with E-state index in [1.807, 2.05) is 6.92 Å². The van der Waals surface area contributed by atoms with E-state index in [1.54, 1.807) is 18.8 Å². The molecule has 1 saturated heterocycles. The first-order valence-electron chi connectivity index (χ1n) is 9.07. The van der Waals surface area contributed by atoms with Crippen molar-refractivity contribution in [3.8, 4) is 0 Å². The topological polar surface area (TPSA) is 68.2 Å². The number of hydrogen-bond acceptors (Lipinski definition) is 5. The molecule has 3 heterocycles. The number of hydrogen-bond donors (Lipinski definition) is 2. The second-order valence-electron chi connectivity index (χ2n) is 7.70. The van der Waals surface area contributed by atoms with Crippen LogP contribution in [-0.2, 0) is 17.5 Å². The van der Waals surface area contributed by atoms with Crippen molar-refractivity contribution in [3.63, 3.8) is 0 Å². The van der Waals surface area contributed by atoms with Crippen LogP contribution in [0.1, 0.15) is 28.7 Å². The summed E-state index contributed by atoms with van der Waals surface area (Å²) in [6.07, 6.45) is -3.97. The molecule has 31 heavy (non-hydrogen) atoms. The minimum absolute atomic E-state index is 0.0338. The Hall–Kier alpha value is -1.88. The molecule has 4 rings (SSSR count). The van der Waals surface area contributed by atoms with Gasteiger partial charge in [0.15, 0.2) is 0 Å². The number of aryl methyl sites for hydroxylation is 1. The standard InChI is InChI=1S/C19H17Cl2F3N4O2S/c1-17(8-31-9-17)25-16(29)15-6-13(26-28(15)2)14-7-18(30-27-14,19(22,23)24)10-3-11(20)5-12(21)4-10/h3-7,27H,8-9H2,1-2H3,(H,25,29). The number of rotatable bonds is 4. The smallest absolute Gasteiger partial charge is 0.344 e. The number of carbonyl (C=O) groups is 1. The van der Waals surface area contributed by atoms with Gasteiger partial charge in [-0.1, -0.05) is 23.2 Å². The number of hydroxylamine groups is 1. The molecule has 1 amide bonds. The lowest BCUT2D eigenvalue weighted by atomic mass is 9.92. The van der Waals surface area contributed by atoms with E-state index in [9.17, 15) is 18.0 Å². The van der Waals surface area contributed by atoms with Crippen LogP contribution in [0.2, 0.25) is 10.0 Å². The Morgan fingerprint density at radius 1 is 1.26 bits per heavy atom. The second-order valence-corrected chi connectivity index (χ2v) is 9.56. The molecule has 1 aromatic carbocycles. The van der Waals surface area contributed by atoms with Gasteiger partial charge < -0.3 is 5.32 Å². The molecule has 12 heteroatoms. The number of amides is 1. The molecule has 1 atom stereocenters. The summed E-state index contributed by atoms with van der Waals surface area (Å²) in [6, 6.07) is 5.01. The van der Waals surface area contributed by atoms with Gasteiger partial charge in [0.05, 0.1) is 11.2 Å². The Morgan fingerprint density at radius 3 is 2.45 bits per heavy atom. The molecule has 1 fully saturated rings. The Kier molecular flexibility index (Phi) is 5.48. The fourth-order valence-corrected chi connectivity index (χ4v) is 4.85. The SMILES string of the molecule is Cn1nc(C2=CC(c3cc(Cl)cc(Cl)c3)(C(F)(F)F)ON2)cc1C(=O)NC1(C)CSC1. The molecule has 1 unspecified atom stereocenters. The summed E-state index contributed by atoms with van der Waals surface area (Å²) < 4.78 is 43.6. The molecule has 2 aliphatic heterocycles. The fraction of sp³-hybridized carbons (Fsp3) is 0.368. The van der Waals surface area contributed by atoms with E-state index in [0.717, 1.165) is 29.7 Å². The van der Waals surface area contributed by atoms with E-state index in [-0.39, 0.29) is 44.1 Å². The molecule has 6 nitrogen and oxygen atoms in total. The maximum absolute atomic E-state index is 14.1. The number of nitrogens with zero attached hydrogens (tertiary/aromatic N) is 2. The fourth-order valence-electron chi connectivity index (χ4n) is 3.37. The largest absolute Gasteiger partial charge is 0.428 e. The number of alkyl halides is 3. The van der Waals surface area contributed by atoms with E-state index < -0.39 is 11.8 Å². The summed E-state index contributed by atoms with van der Waals surface area (Å²) in [5.74, 6) is 1.23. The van der Waals surface area contributed by atoms with Gasteiger partial charge in [0, 0.05) is 34.2 Å². The van der Waals surface area contributed by atoms with Gasteiger partial charge in [-0.15, -0.1) is 0 Å². The third-order valence-corrected chi connectivity index (χ3v) is 7.15. The lowest BCUT2D eigenvalue weighted by Gasteiger charge is -2.38. The maximum Gasteiger partial charge on any atom is 0.428 e. The van der Waals surface area contributed by atoms with Crippen LogP contribution in [0.3, 0.4) is 0 Å². The van der Waals surface area contributed by atoms with Crippen LogP contribution < -0.4 is 10.8 Å². The zero-order valence-electron chi connectivity index (χ0n) is 16.3. The Morgan fingerprint density at radius 2 is 1.90 bits per heavy atom. The number of nitrogens with one attached hydrogen (secondary N) is 2. The minimum atomic E-state index is -4.83. The molecule has 0 aliphatic carbocycles.